The fourth-order valence-electron chi connectivity index (χ4n) is 1.70. The van der Waals surface area contributed by atoms with Gasteiger partial charge in [0, 0.05) is 5.69 Å². The number of aliphatic hydroxyl groups excluding tert-OH is 1. The molecule has 1 aromatic carbocycles. The minimum atomic E-state index is -0.0455. The van der Waals surface area contributed by atoms with Crippen LogP contribution in [0.3, 0.4) is 0 Å². The fraction of sp³-hybridized carbons (Fsp3) is 0.250. The molecule has 110 valence electrons. The molecule has 0 aliphatic heterocycles. The van der Waals surface area contributed by atoms with Crippen molar-refractivity contribution in [2.75, 3.05) is 23.4 Å². The van der Waals surface area contributed by atoms with Gasteiger partial charge in [0.25, 0.3) is 0 Å². The predicted molar refractivity (Wildman–Crippen MR) is 80.8 cm³/mol. The molecule has 8 heteroatoms. The lowest BCUT2D eigenvalue weighted by Crippen LogP contribution is -2.08. The normalized spacial score (nSPS) is 10.1. The van der Waals surface area contributed by atoms with Crippen LogP contribution >= 0.6 is 12.4 Å². The largest absolute Gasteiger partial charge is 0.508 e. The summed E-state index contributed by atoms with van der Waals surface area (Å²) in [5, 5.41) is 25.4. The number of aromatic hydroxyl groups is 1. The van der Waals surface area contributed by atoms with Gasteiger partial charge in [-0.1, -0.05) is 0 Å². The number of hydrogen-bond acceptors (Lipinski definition) is 6. The quantitative estimate of drug-likeness (QED) is 0.520. The van der Waals surface area contributed by atoms with Crippen LogP contribution in [0.25, 0.3) is 0 Å². The Kier molecular flexibility index (Phi) is 5.48. The smallest absolute Gasteiger partial charge is 0.145 e. The molecule has 0 aliphatic rings. The van der Waals surface area contributed by atoms with Crippen molar-refractivity contribution in [2.24, 2.45) is 0 Å². The Morgan fingerprint density at radius 2 is 1.85 bits per heavy atom. The van der Waals surface area contributed by atoms with Gasteiger partial charge in [0.05, 0.1) is 25.4 Å². The molecule has 1 aromatic heterocycles. The third kappa shape index (κ3) is 3.46. The van der Waals surface area contributed by atoms with Crippen LogP contribution in [0.4, 0.5) is 17.2 Å². The maximum Gasteiger partial charge on any atom is 0.145 e. The highest BCUT2D eigenvalue weighted by molar-refractivity contribution is 5.85. The van der Waals surface area contributed by atoms with Crippen LogP contribution in [0, 0.1) is 0 Å². The molecule has 0 radical (unpaired) electrons. The van der Waals surface area contributed by atoms with E-state index in [1.165, 1.54) is 4.68 Å². The Morgan fingerprint density at radius 3 is 2.45 bits per heavy atom. The Hall–Kier alpha value is -2.12. The van der Waals surface area contributed by atoms with E-state index in [1.807, 2.05) is 0 Å². The first kappa shape index (κ1) is 15.9. The van der Waals surface area contributed by atoms with Crippen LogP contribution in [0.1, 0.15) is 5.69 Å². The second kappa shape index (κ2) is 6.88. The molecule has 0 saturated heterocycles. The molecule has 2 aromatic rings. The Morgan fingerprint density at radius 1 is 1.20 bits per heavy atom. The molecule has 0 spiro atoms. The van der Waals surface area contributed by atoms with E-state index in [9.17, 15) is 5.11 Å². The topological polar surface area (TPSA) is 122 Å². The molecular formula is C12H18ClN5O2. The van der Waals surface area contributed by atoms with Crippen molar-refractivity contribution in [3.05, 3.63) is 30.0 Å². The summed E-state index contributed by atoms with van der Waals surface area (Å²) in [6, 6.07) is 6.67. The molecule has 20 heavy (non-hydrogen) atoms. The average molecular weight is 300 g/mol. The number of anilines is 3. The zero-order chi connectivity index (χ0) is 13.8. The highest BCUT2D eigenvalue weighted by atomic mass is 35.5. The minimum Gasteiger partial charge on any atom is -0.508 e. The van der Waals surface area contributed by atoms with E-state index in [-0.39, 0.29) is 24.8 Å². The fourth-order valence-corrected chi connectivity index (χ4v) is 1.70. The highest BCUT2D eigenvalue weighted by Gasteiger charge is 2.11. The van der Waals surface area contributed by atoms with E-state index < -0.39 is 0 Å². The predicted octanol–water partition coefficient (Wildman–Crippen LogP) is 0.779. The van der Waals surface area contributed by atoms with Crippen LogP contribution in [0.15, 0.2) is 24.3 Å². The molecule has 0 atom stereocenters. The highest BCUT2D eigenvalue weighted by Crippen LogP contribution is 2.21. The Balaban J connectivity index is 0.00000200. The van der Waals surface area contributed by atoms with Crippen molar-refractivity contribution < 1.29 is 10.2 Å². The molecule has 1 heterocycles. The van der Waals surface area contributed by atoms with Gasteiger partial charge in [0.15, 0.2) is 0 Å². The lowest BCUT2D eigenvalue weighted by atomic mass is 10.3. The summed E-state index contributed by atoms with van der Waals surface area (Å²) in [5.74, 6) is 0.568. The summed E-state index contributed by atoms with van der Waals surface area (Å²) in [4.78, 5) is 0. The van der Waals surface area contributed by atoms with Crippen LogP contribution in [-0.2, 0) is 13.1 Å². The van der Waals surface area contributed by atoms with E-state index in [0.29, 0.717) is 30.3 Å². The van der Waals surface area contributed by atoms with Gasteiger partial charge in [-0.2, -0.15) is 5.10 Å². The SMILES string of the molecule is Cl.Nc1c(CNc2ccc(O)cc2)nn(CCO)c1N. The maximum absolute atomic E-state index is 9.18. The van der Waals surface area contributed by atoms with E-state index in [2.05, 4.69) is 10.4 Å². The third-order valence-corrected chi connectivity index (χ3v) is 2.75. The number of aliphatic hydroxyl groups is 1. The lowest BCUT2D eigenvalue weighted by Gasteiger charge is -2.04. The molecule has 7 nitrogen and oxygen atoms in total. The van der Waals surface area contributed by atoms with Gasteiger partial charge in [0.1, 0.15) is 17.3 Å². The zero-order valence-electron chi connectivity index (χ0n) is 10.8. The summed E-state index contributed by atoms with van der Waals surface area (Å²) in [7, 11) is 0. The Labute approximate surface area is 122 Å². The number of nitrogens with zero attached hydrogens (tertiary/aromatic N) is 2. The monoisotopic (exact) mass is 299 g/mol. The summed E-state index contributed by atoms with van der Waals surface area (Å²) in [5.41, 5.74) is 13.5. The molecule has 7 N–H and O–H groups in total. The standard InChI is InChI=1S/C12H17N5O2.ClH/c13-11-10(16-17(5-6-18)12(11)14)7-15-8-1-3-9(19)4-2-8;/h1-4,15,18-19H,5-7,13-14H2;1H. The molecule has 0 aliphatic carbocycles. The summed E-state index contributed by atoms with van der Waals surface area (Å²) >= 11 is 0. The van der Waals surface area contributed by atoms with Crippen LogP contribution < -0.4 is 16.8 Å². The Bertz CT molecular complexity index is 556. The number of nitrogens with one attached hydrogen (secondary N) is 1. The first-order chi connectivity index (χ1) is 9.11. The first-order valence-corrected chi connectivity index (χ1v) is 5.86. The summed E-state index contributed by atoms with van der Waals surface area (Å²) in [6.45, 7) is 0.685. The zero-order valence-corrected chi connectivity index (χ0v) is 11.6. The molecule has 0 bridgehead atoms. The van der Waals surface area contributed by atoms with Crippen molar-refractivity contribution in [3.63, 3.8) is 0 Å². The van der Waals surface area contributed by atoms with E-state index in [4.69, 9.17) is 16.6 Å². The minimum absolute atomic E-state index is 0. The molecule has 0 fully saturated rings. The molecule has 0 unspecified atom stereocenters. The van der Waals surface area contributed by atoms with E-state index >= 15 is 0 Å². The van der Waals surface area contributed by atoms with Crippen molar-refractivity contribution in [2.45, 2.75) is 13.1 Å². The van der Waals surface area contributed by atoms with Crippen LogP contribution in [0.2, 0.25) is 0 Å². The molecule has 2 rings (SSSR count). The van der Waals surface area contributed by atoms with Gasteiger partial charge in [-0.3, -0.25) is 0 Å². The van der Waals surface area contributed by atoms with Crippen molar-refractivity contribution in [1.29, 1.82) is 0 Å². The van der Waals surface area contributed by atoms with Gasteiger partial charge in [0.2, 0.25) is 0 Å². The second-order valence-electron chi connectivity index (χ2n) is 4.09. The van der Waals surface area contributed by atoms with Gasteiger partial charge in [-0.25, -0.2) is 4.68 Å². The van der Waals surface area contributed by atoms with Crippen molar-refractivity contribution in [3.8, 4) is 5.75 Å². The van der Waals surface area contributed by atoms with Gasteiger partial charge in [-0.05, 0) is 24.3 Å². The second-order valence-corrected chi connectivity index (χ2v) is 4.09. The first-order valence-electron chi connectivity index (χ1n) is 5.86. The summed E-state index contributed by atoms with van der Waals surface area (Å²) < 4.78 is 1.48. The number of hydrogen-bond donors (Lipinski definition) is 5. The van der Waals surface area contributed by atoms with Gasteiger partial charge >= 0.3 is 0 Å². The average Bonchev–Trinajstić information content (AvgIpc) is 2.67. The number of nitrogen functional groups attached to an aromatic ring is 2. The maximum atomic E-state index is 9.18. The van der Waals surface area contributed by atoms with E-state index in [1.54, 1.807) is 24.3 Å². The number of nitrogens with two attached hydrogens (primary N) is 2. The van der Waals surface area contributed by atoms with Gasteiger partial charge in [-0.15, -0.1) is 12.4 Å². The number of rotatable bonds is 5. The number of aromatic nitrogens is 2. The third-order valence-electron chi connectivity index (χ3n) is 2.75. The number of halogens is 1. The number of phenols is 1. The lowest BCUT2D eigenvalue weighted by molar-refractivity contribution is 0.270. The number of phenolic OH excluding ortho intramolecular Hbond substituents is 1. The van der Waals surface area contributed by atoms with Crippen molar-refractivity contribution in [1.82, 2.24) is 9.78 Å². The van der Waals surface area contributed by atoms with Crippen LogP contribution in [-0.4, -0.2) is 26.6 Å². The molecule has 0 amide bonds. The van der Waals surface area contributed by atoms with Crippen LogP contribution in [0.5, 0.6) is 5.75 Å². The van der Waals surface area contributed by atoms with Gasteiger partial charge < -0.3 is 27.0 Å². The summed E-state index contributed by atoms with van der Waals surface area (Å²) in [6.07, 6.45) is 0. The van der Waals surface area contributed by atoms with Crippen molar-refractivity contribution >= 4 is 29.6 Å². The van der Waals surface area contributed by atoms with E-state index in [0.717, 1.165) is 5.69 Å². The molecular weight excluding hydrogens is 282 g/mol. The molecule has 0 saturated carbocycles. The number of benzene rings is 1.